The first-order valence-electron chi connectivity index (χ1n) is 15.9. The summed E-state index contributed by atoms with van der Waals surface area (Å²) in [6.07, 6.45) is 5.94. The lowest BCUT2D eigenvalue weighted by Gasteiger charge is -2.36. The number of aliphatic hydroxyl groups is 1. The van der Waals surface area contributed by atoms with Gasteiger partial charge in [-0.05, 0) is 55.2 Å². The highest BCUT2D eigenvalue weighted by atomic mass is 16.5. The molecule has 0 aliphatic carbocycles. The zero-order valence-corrected chi connectivity index (χ0v) is 26.5. The number of benzene rings is 2. The van der Waals surface area contributed by atoms with Crippen LogP contribution in [0.3, 0.4) is 0 Å². The van der Waals surface area contributed by atoms with Crippen LogP contribution in [0.15, 0.2) is 79.9 Å². The Morgan fingerprint density at radius 2 is 1.72 bits per heavy atom. The van der Waals surface area contributed by atoms with Crippen molar-refractivity contribution in [2.45, 2.75) is 76.6 Å². The van der Waals surface area contributed by atoms with Gasteiger partial charge in [0, 0.05) is 25.9 Å². The van der Waals surface area contributed by atoms with Crippen LogP contribution in [0.5, 0.6) is 0 Å². The molecule has 0 radical (unpaired) electrons. The minimum atomic E-state index is -0.679. The molecule has 1 aliphatic rings. The average Bonchev–Trinajstić information content (AvgIpc) is 3.07. The molecular weight excluding hydrogens is 586 g/mol. The van der Waals surface area contributed by atoms with Crippen molar-refractivity contribution >= 4 is 23.9 Å². The number of unbranched alkanes of at least 4 members (excludes halogenated alkanes) is 1. The lowest BCUT2D eigenvalue weighted by Crippen LogP contribution is -2.48. The van der Waals surface area contributed by atoms with E-state index in [-0.39, 0.29) is 62.9 Å². The van der Waals surface area contributed by atoms with E-state index in [0.29, 0.717) is 45.2 Å². The Hall–Kier alpha value is -4.44. The number of allylic oxidation sites excluding steroid dienone is 2. The molecule has 0 unspecified atom stereocenters. The van der Waals surface area contributed by atoms with Crippen LogP contribution in [0.2, 0.25) is 0 Å². The normalized spacial score (nSPS) is 15.1. The number of ether oxygens (including phenoxy) is 2. The van der Waals surface area contributed by atoms with Crippen LogP contribution in [0.1, 0.15) is 61.6 Å². The minimum Gasteiger partial charge on any atom is -0.463 e. The maximum Gasteiger partial charge on any atom is 0.407 e. The Morgan fingerprint density at radius 1 is 0.978 bits per heavy atom. The van der Waals surface area contributed by atoms with E-state index < -0.39 is 18.1 Å². The van der Waals surface area contributed by atoms with Gasteiger partial charge in [0.05, 0.1) is 24.6 Å². The summed E-state index contributed by atoms with van der Waals surface area (Å²) in [7, 11) is 0. The summed E-state index contributed by atoms with van der Waals surface area (Å²) in [5.41, 5.74) is 3.03. The molecule has 248 valence electrons. The molecule has 3 rings (SSSR count). The molecular formula is C36H47N3O7. The number of carbonyl (C=O) groups excluding carboxylic acids is 4. The van der Waals surface area contributed by atoms with Crippen molar-refractivity contribution < 1.29 is 33.8 Å². The second kappa shape index (κ2) is 19.8. The fourth-order valence-electron chi connectivity index (χ4n) is 5.34. The van der Waals surface area contributed by atoms with Crippen molar-refractivity contribution in [3.63, 3.8) is 0 Å². The van der Waals surface area contributed by atoms with Crippen LogP contribution < -0.4 is 10.6 Å². The molecule has 0 saturated carbocycles. The number of nitrogens with one attached hydrogen (secondary N) is 2. The van der Waals surface area contributed by atoms with Gasteiger partial charge in [0.15, 0.2) is 0 Å². The van der Waals surface area contributed by atoms with Crippen LogP contribution in [-0.2, 0) is 43.4 Å². The molecule has 1 heterocycles. The Bertz CT molecular complexity index is 1300. The maximum atomic E-state index is 13.5. The van der Waals surface area contributed by atoms with Gasteiger partial charge in [-0.2, -0.15) is 0 Å². The largest absolute Gasteiger partial charge is 0.463 e. The van der Waals surface area contributed by atoms with Crippen molar-refractivity contribution in [2.24, 2.45) is 5.92 Å². The standard InChI is InChI=1S/C36H47N3O7/c1-3-5-19-34(42)45-26-31(18-11-12-20-37-36(44)46-25-27-14-7-6-8-15-27)38-35(43)29(13-4-2)22-33(41)39-23-30-17-10-9-16-28(30)21-32(39)24-40/h3-4,6-10,14-17,29,31-32,40H,1-2,5,11-13,18-26H2,(H,37,44)(H,38,43)/t29-,31+,32+/m1/s1. The molecule has 3 atom stereocenters. The number of hydrogen-bond acceptors (Lipinski definition) is 7. The predicted octanol–water partition coefficient (Wildman–Crippen LogP) is 4.61. The first-order valence-corrected chi connectivity index (χ1v) is 15.9. The van der Waals surface area contributed by atoms with Crippen LogP contribution >= 0.6 is 0 Å². The number of hydrogen-bond donors (Lipinski definition) is 3. The van der Waals surface area contributed by atoms with Gasteiger partial charge in [-0.1, -0.05) is 66.7 Å². The van der Waals surface area contributed by atoms with Crippen molar-refractivity contribution in [1.29, 1.82) is 0 Å². The van der Waals surface area contributed by atoms with Crippen LogP contribution in [0, 0.1) is 5.92 Å². The number of amides is 3. The summed E-state index contributed by atoms with van der Waals surface area (Å²) in [5, 5.41) is 15.7. The summed E-state index contributed by atoms with van der Waals surface area (Å²) in [6.45, 7) is 8.15. The molecule has 46 heavy (non-hydrogen) atoms. The predicted molar refractivity (Wildman–Crippen MR) is 175 cm³/mol. The third kappa shape index (κ3) is 12.2. The lowest BCUT2D eigenvalue weighted by molar-refractivity contribution is -0.145. The van der Waals surface area contributed by atoms with Gasteiger partial charge in [-0.15, -0.1) is 13.2 Å². The summed E-state index contributed by atoms with van der Waals surface area (Å²) < 4.78 is 10.7. The Morgan fingerprint density at radius 3 is 2.43 bits per heavy atom. The number of fused-ring (bicyclic) bond motifs is 1. The van der Waals surface area contributed by atoms with Crippen molar-refractivity contribution in [1.82, 2.24) is 15.5 Å². The summed E-state index contributed by atoms with van der Waals surface area (Å²) in [4.78, 5) is 52.9. The van der Waals surface area contributed by atoms with E-state index in [2.05, 4.69) is 23.8 Å². The molecule has 0 saturated heterocycles. The Labute approximate surface area is 271 Å². The highest BCUT2D eigenvalue weighted by Gasteiger charge is 2.32. The fraction of sp³-hybridized carbons (Fsp3) is 0.444. The number of nitrogens with zero attached hydrogens (tertiary/aromatic N) is 1. The molecule has 0 aromatic heterocycles. The lowest BCUT2D eigenvalue weighted by atomic mass is 9.92. The molecule has 2 aromatic rings. The number of alkyl carbamates (subject to hydrolysis) is 1. The Kier molecular flexibility index (Phi) is 15.5. The zero-order chi connectivity index (χ0) is 33.1. The van der Waals surface area contributed by atoms with Gasteiger partial charge < -0.3 is 30.1 Å². The van der Waals surface area contributed by atoms with Crippen LogP contribution in [-0.4, -0.2) is 65.7 Å². The van der Waals surface area contributed by atoms with E-state index in [4.69, 9.17) is 9.47 Å². The second-order valence-electron chi connectivity index (χ2n) is 11.5. The van der Waals surface area contributed by atoms with E-state index >= 15 is 0 Å². The van der Waals surface area contributed by atoms with Gasteiger partial charge in [-0.25, -0.2) is 4.79 Å². The average molecular weight is 634 g/mol. The second-order valence-corrected chi connectivity index (χ2v) is 11.5. The number of rotatable bonds is 19. The first-order chi connectivity index (χ1) is 22.3. The van der Waals surface area contributed by atoms with E-state index in [1.165, 1.54) is 0 Å². The third-order valence-corrected chi connectivity index (χ3v) is 7.94. The van der Waals surface area contributed by atoms with Gasteiger partial charge in [0.1, 0.15) is 13.2 Å². The maximum absolute atomic E-state index is 13.5. The zero-order valence-electron chi connectivity index (χ0n) is 26.5. The van der Waals surface area contributed by atoms with Gasteiger partial charge in [0.25, 0.3) is 0 Å². The van der Waals surface area contributed by atoms with Crippen LogP contribution in [0.4, 0.5) is 4.79 Å². The molecule has 0 bridgehead atoms. The molecule has 3 N–H and O–H groups in total. The molecule has 0 spiro atoms. The number of carbonyl (C=O) groups is 4. The molecule has 0 fully saturated rings. The van der Waals surface area contributed by atoms with Crippen molar-refractivity contribution in [3.05, 3.63) is 96.6 Å². The number of aliphatic hydroxyl groups excluding tert-OH is 1. The van der Waals surface area contributed by atoms with Gasteiger partial charge in [0.2, 0.25) is 11.8 Å². The minimum absolute atomic E-state index is 0.0154. The smallest absolute Gasteiger partial charge is 0.407 e. The quantitative estimate of drug-likeness (QED) is 0.117. The van der Waals surface area contributed by atoms with Gasteiger partial charge in [-0.3, -0.25) is 14.4 Å². The molecule has 10 heteroatoms. The van der Waals surface area contributed by atoms with E-state index in [1.807, 2.05) is 54.6 Å². The SMILES string of the molecule is C=CCCC(=O)OC[C@H](CCCCNC(=O)OCc1ccccc1)NC(=O)[C@H](CC=C)CC(=O)N1Cc2ccccc2C[C@H]1CO. The van der Waals surface area contributed by atoms with E-state index in [0.717, 1.165) is 16.7 Å². The molecule has 3 amide bonds. The van der Waals surface area contributed by atoms with Gasteiger partial charge >= 0.3 is 12.1 Å². The third-order valence-electron chi connectivity index (χ3n) is 7.94. The van der Waals surface area contributed by atoms with Crippen LogP contribution in [0.25, 0.3) is 0 Å². The van der Waals surface area contributed by atoms with Crippen molar-refractivity contribution in [2.75, 3.05) is 19.8 Å². The van der Waals surface area contributed by atoms with E-state index in [1.54, 1.807) is 17.1 Å². The molecule has 1 aliphatic heterocycles. The monoisotopic (exact) mass is 633 g/mol. The highest BCUT2D eigenvalue weighted by molar-refractivity contribution is 5.86. The molecule has 10 nitrogen and oxygen atoms in total. The fourth-order valence-corrected chi connectivity index (χ4v) is 5.34. The summed E-state index contributed by atoms with van der Waals surface area (Å²) in [5.74, 6) is -1.61. The topological polar surface area (TPSA) is 134 Å². The first kappa shape index (κ1) is 36.0. The summed E-state index contributed by atoms with van der Waals surface area (Å²) >= 11 is 0. The summed E-state index contributed by atoms with van der Waals surface area (Å²) in [6, 6.07) is 16.4. The van der Waals surface area contributed by atoms with Crippen molar-refractivity contribution in [3.8, 4) is 0 Å². The van der Waals surface area contributed by atoms with E-state index in [9.17, 15) is 24.3 Å². The number of esters is 1. The highest BCUT2D eigenvalue weighted by Crippen LogP contribution is 2.25. The molecule has 2 aromatic carbocycles. The Balaban J connectivity index is 1.54.